The predicted octanol–water partition coefficient (Wildman–Crippen LogP) is 3.85. The summed E-state index contributed by atoms with van der Waals surface area (Å²) in [4.78, 5) is 8.23. The number of aliphatic hydroxyl groups is 1. The lowest BCUT2D eigenvalue weighted by Gasteiger charge is -2.09. The molecule has 0 saturated heterocycles. The largest absolute Gasteiger partial charge is 0.504 e. The zero-order chi connectivity index (χ0) is 30.0. The Morgan fingerprint density at radius 2 is 1.49 bits per heavy atom. The third-order valence-electron chi connectivity index (χ3n) is 6.30. The highest BCUT2D eigenvalue weighted by atomic mass is 35.5. The van der Waals surface area contributed by atoms with Crippen LogP contribution in [0, 0.1) is 0 Å². The van der Waals surface area contributed by atoms with Gasteiger partial charge in [0.1, 0.15) is 5.82 Å². The van der Waals surface area contributed by atoms with Crippen molar-refractivity contribution >= 4 is 17.4 Å². The van der Waals surface area contributed by atoms with Gasteiger partial charge < -0.3 is 42.0 Å². The number of rotatable bonds is 23. The van der Waals surface area contributed by atoms with Crippen LogP contribution < -0.4 is 31.7 Å². The second kappa shape index (κ2) is 25.5. The summed E-state index contributed by atoms with van der Waals surface area (Å²) < 4.78 is 5.11. The van der Waals surface area contributed by atoms with E-state index in [1.54, 1.807) is 13.2 Å². The number of aromatic hydroxyl groups is 1. The lowest BCUT2D eigenvalue weighted by molar-refractivity contribution is 0.283. The van der Waals surface area contributed by atoms with Crippen LogP contribution in [-0.4, -0.2) is 79.7 Å². The van der Waals surface area contributed by atoms with Gasteiger partial charge in [0.05, 0.1) is 7.11 Å². The number of aryl methyl sites for hydroxylation is 1. The molecule has 8 N–H and O–H groups in total. The SMILES string of the molecule is CCc1cc(NCCCCCCO)nc(Cl)n1.COc1cc(CNCCCNCCCCNCCCN)ccc1O. The second-order valence-electron chi connectivity index (χ2n) is 9.82. The molecule has 2 rings (SSSR count). The molecule has 234 valence electrons. The summed E-state index contributed by atoms with van der Waals surface area (Å²) in [5.74, 6) is 1.50. The van der Waals surface area contributed by atoms with Gasteiger partial charge in [-0.3, -0.25) is 0 Å². The number of nitrogens with zero attached hydrogens (tertiary/aromatic N) is 2. The highest BCUT2D eigenvalue weighted by Crippen LogP contribution is 2.26. The van der Waals surface area contributed by atoms with Crippen molar-refractivity contribution in [3.8, 4) is 11.5 Å². The maximum atomic E-state index is 9.56. The average molecular weight is 596 g/mol. The normalized spacial score (nSPS) is 10.8. The van der Waals surface area contributed by atoms with E-state index in [4.69, 9.17) is 27.2 Å². The number of ether oxygens (including phenoxy) is 1. The molecule has 1 heterocycles. The molecule has 2 aromatic rings. The average Bonchev–Trinajstić information content (AvgIpc) is 2.98. The topological polar surface area (TPSA) is 150 Å². The Kier molecular flexibility index (Phi) is 22.9. The summed E-state index contributed by atoms with van der Waals surface area (Å²) in [7, 11) is 1.56. The number of phenols is 1. The highest BCUT2D eigenvalue weighted by molar-refractivity contribution is 6.28. The summed E-state index contributed by atoms with van der Waals surface area (Å²) >= 11 is 5.82. The van der Waals surface area contributed by atoms with Gasteiger partial charge in [0.15, 0.2) is 11.5 Å². The van der Waals surface area contributed by atoms with E-state index in [9.17, 15) is 5.11 Å². The molecule has 10 nitrogen and oxygen atoms in total. The Labute approximate surface area is 252 Å². The fourth-order valence-electron chi connectivity index (χ4n) is 3.92. The van der Waals surface area contributed by atoms with Crippen LogP contribution in [0.1, 0.15) is 69.5 Å². The zero-order valence-corrected chi connectivity index (χ0v) is 25.9. The van der Waals surface area contributed by atoms with E-state index in [2.05, 4.69) is 31.2 Å². The van der Waals surface area contributed by atoms with Crippen molar-refractivity contribution in [2.75, 3.05) is 64.8 Å². The van der Waals surface area contributed by atoms with E-state index in [1.807, 2.05) is 25.1 Å². The van der Waals surface area contributed by atoms with E-state index in [0.717, 1.165) is 114 Å². The first-order chi connectivity index (χ1) is 20.0. The van der Waals surface area contributed by atoms with E-state index in [0.29, 0.717) is 11.0 Å². The van der Waals surface area contributed by atoms with Crippen LogP contribution in [0.4, 0.5) is 5.82 Å². The number of aromatic nitrogens is 2. The molecule has 0 aliphatic carbocycles. The summed E-state index contributed by atoms with van der Waals surface area (Å²) in [5.41, 5.74) is 7.50. The number of phenolic OH excluding ortho intramolecular Hbond substituents is 1. The number of unbranched alkanes of at least 4 members (excludes halogenated alkanes) is 4. The summed E-state index contributed by atoms with van der Waals surface area (Å²) in [6, 6.07) is 7.37. The van der Waals surface area contributed by atoms with Crippen LogP contribution >= 0.6 is 11.6 Å². The van der Waals surface area contributed by atoms with Gasteiger partial charge in [0.2, 0.25) is 5.28 Å². The van der Waals surface area contributed by atoms with E-state index < -0.39 is 0 Å². The highest BCUT2D eigenvalue weighted by Gasteiger charge is 2.03. The molecule has 0 amide bonds. The molecule has 0 bridgehead atoms. The molecule has 0 unspecified atom stereocenters. The molecule has 0 aliphatic rings. The van der Waals surface area contributed by atoms with Gasteiger partial charge >= 0.3 is 0 Å². The van der Waals surface area contributed by atoms with Gasteiger partial charge in [-0.25, -0.2) is 9.97 Å². The Balaban J connectivity index is 0.000000435. The molecule has 0 radical (unpaired) electrons. The molecule has 0 fully saturated rings. The fraction of sp³-hybridized carbons (Fsp3) is 0.667. The van der Waals surface area contributed by atoms with Gasteiger partial charge in [-0.15, -0.1) is 0 Å². The summed E-state index contributed by atoms with van der Waals surface area (Å²) in [6.07, 6.45) is 9.58. The van der Waals surface area contributed by atoms with Crippen LogP contribution in [0.3, 0.4) is 0 Å². The number of hydrogen-bond acceptors (Lipinski definition) is 10. The maximum Gasteiger partial charge on any atom is 0.224 e. The fourth-order valence-corrected chi connectivity index (χ4v) is 4.12. The zero-order valence-electron chi connectivity index (χ0n) is 25.2. The number of nitrogens with two attached hydrogens (primary N) is 1. The molecule has 0 atom stereocenters. The Morgan fingerprint density at radius 3 is 2.17 bits per heavy atom. The smallest absolute Gasteiger partial charge is 0.224 e. The Morgan fingerprint density at radius 1 is 0.829 bits per heavy atom. The number of anilines is 1. The molecule has 0 saturated carbocycles. The maximum absolute atomic E-state index is 9.56. The number of benzene rings is 1. The molecular formula is C30H54ClN7O3. The molecule has 41 heavy (non-hydrogen) atoms. The first-order valence-corrected chi connectivity index (χ1v) is 15.5. The number of halogens is 1. The number of aliphatic hydroxyl groups excluding tert-OH is 1. The van der Waals surface area contributed by atoms with E-state index in [1.165, 1.54) is 12.8 Å². The number of hydrogen-bond donors (Lipinski definition) is 7. The van der Waals surface area contributed by atoms with Crippen molar-refractivity contribution < 1.29 is 14.9 Å². The Hall–Kier alpha value is -2.21. The van der Waals surface area contributed by atoms with Crippen molar-refractivity contribution in [3.63, 3.8) is 0 Å². The lowest BCUT2D eigenvalue weighted by Crippen LogP contribution is -2.24. The minimum Gasteiger partial charge on any atom is -0.504 e. The third-order valence-corrected chi connectivity index (χ3v) is 6.47. The first-order valence-electron chi connectivity index (χ1n) is 15.1. The molecule has 11 heteroatoms. The van der Waals surface area contributed by atoms with Gasteiger partial charge in [0, 0.05) is 31.5 Å². The molecule has 1 aromatic carbocycles. The molecular weight excluding hydrogens is 542 g/mol. The minimum absolute atomic E-state index is 0.181. The number of methoxy groups -OCH3 is 1. The van der Waals surface area contributed by atoms with Crippen molar-refractivity contribution in [3.05, 3.63) is 40.8 Å². The van der Waals surface area contributed by atoms with Gasteiger partial charge in [-0.1, -0.05) is 25.8 Å². The lowest BCUT2D eigenvalue weighted by atomic mass is 10.2. The monoisotopic (exact) mass is 595 g/mol. The third kappa shape index (κ3) is 19.5. The van der Waals surface area contributed by atoms with Crippen molar-refractivity contribution in [1.29, 1.82) is 0 Å². The molecule has 1 aromatic heterocycles. The van der Waals surface area contributed by atoms with Crippen molar-refractivity contribution in [2.24, 2.45) is 5.73 Å². The minimum atomic E-state index is 0.181. The van der Waals surface area contributed by atoms with Crippen molar-refractivity contribution in [1.82, 2.24) is 25.9 Å². The van der Waals surface area contributed by atoms with Crippen LogP contribution in [0.15, 0.2) is 24.3 Å². The second-order valence-corrected chi connectivity index (χ2v) is 10.2. The first kappa shape index (κ1) is 36.8. The van der Waals surface area contributed by atoms with Crippen molar-refractivity contribution in [2.45, 2.75) is 71.3 Å². The van der Waals surface area contributed by atoms with E-state index >= 15 is 0 Å². The molecule has 0 aliphatic heterocycles. The van der Waals surface area contributed by atoms with Crippen LogP contribution in [0.2, 0.25) is 5.28 Å². The number of nitrogens with one attached hydrogen (secondary N) is 4. The molecule has 0 spiro atoms. The van der Waals surface area contributed by atoms with Gasteiger partial charge in [-0.05, 0) is 114 Å². The summed E-state index contributed by atoms with van der Waals surface area (Å²) in [6.45, 7) is 9.95. The van der Waals surface area contributed by atoms with Gasteiger partial charge in [0.25, 0.3) is 0 Å². The van der Waals surface area contributed by atoms with Crippen LogP contribution in [0.5, 0.6) is 11.5 Å². The van der Waals surface area contributed by atoms with E-state index in [-0.39, 0.29) is 12.4 Å². The quantitative estimate of drug-likeness (QED) is 0.0746. The standard InChI is InChI=1S/C18H34N4O2.C12H20ClN3O/c1-24-18-14-16(6-7-17(18)23)15-22-13-5-12-21-10-3-2-9-20-11-4-8-19;1-2-10-9-11(16-12(13)15-10)14-7-5-3-4-6-8-17/h6-7,14,20-23H,2-5,8-13,15,19H2,1H3;9,17H,2-8H2,1H3,(H,14,15,16). The van der Waals surface area contributed by atoms with Crippen LogP contribution in [0.25, 0.3) is 0 Å². The van der Waals surface area contributed by atoms with Crippen LogP contribution in [-0.2, 0) is 13.0 Å². The van der Waals surface area contributed by atoms with Gasteiger partial charge in [-0.2, -0.15) is 0 Å². The summed E-state index contributed by atoms with van der Waals surface area (Å²) in [5, 5.41) is 32.0. The Bertz CT molecular complexity index is 908. The predicted molar refractivity (Wildman–Crippen MR) is 170 cm³/mol.